The van der Waals surface area contributed by atoms with Crippen molar-refractivity contribution in [2.75, 3.05) is 23.8 Å². The van der Waals surface area contributed by atoms with E-state index in [1.54, 1.807) is 36.9 Å². The van der Waals surface area contributed by atoms with Gasteiger partial charge < -0.3 is 14.6 Å². The fourth-order valence-electron chi connectivity index (χ4n) is 3.56. The van der Waals surface area contributed by atoms with Crippen molar-refractivity contribution in [2.45, 2.75) is 6.61 Å². The van der Waals surface area contributed by atoms with Crippen molar-refractivity contribution in [3.05, 3.63) is 109 Å². The first kappa shape index (κ1) is 26.1. The predicted octanol–water partition coefficient (Wildman–Crippen LogP) is 6.32. The Morgan fingerprint density at radius 1 is 0.711 bits per heavy atom. The van der Waals surface area contributed by atoms with Crippen LogP contribution in [-0.2, 0) is 16.1 Å². The van der Waals surface area contributed by atoms with Crippen molar-refractivity contribution in [3.63, 3.8) is 0 Å². The molecule has 9 nitrogen and oxygen atoms in total. The third-order valence-electron chi connectivity index (χ3n) is 5.35. The molecule has 3 aromatic carbocycles. The molecule has 0 aliphatic heterocycles. The molecule has 3 N–H and O–H groups in total. The number of hydrogen-bond acceptors (Lipinski definition) is 6. The second-order valence-corrected chi connectivity index (χ2v) is 8.10. The van der Waals surface area contributed by atoms with Crippen LogP contribution >= 0.6 is 0 Å². The molecule has 5 aromatic rings. The number of anilines is 2. The molecule has 9 heteroatoms. The standard InChI is InChI=1S/C19H18N2O3.C10H8N2O2/c22-19(24-11-10-23-14-15-4-2-1-3-5-15)21-18-7-6-17-13-20-9-8-16(17)12-18;13-10(14)12-9-2-1-8-6-11-4-3-7(8)5-9/h1-9,12-13H,10-11,14H2,(H,21,22);1-6,12H,(H,13,14). The summed E-state index contributed by atoms with van der Waals surface area (Å²) in [6.45, 7) is 1.06. The number of carboxylic acid groups (broad SMARTS) is 1. The van der Waals surface area contributed by atoms with Gasteiger partial charge in [0, 0.05) is 46.9 Å². The number of carbonyl (C=O) groups is 2. The highest BCUT2D eigenvalue weighted by molar-refractivity contribution is 5.91. The summed E-state index contributed by atoms with van der Waals surface area (Å²) in [5.41, 5.74) is 2.34. The van der Waals surface area contributed by atoms with Crippen LogP contribution in [0, 0.1) is 0 Å². The third kappa shape index (κ3) is 8.00. The van der Waals surface area contributed by atoms with Gasteiger partial charge >= 0.3 is 12.2 Å². The van der Waals surface area contributed by atoms with Crippen LogP contribution in [0.3, 0.4) is 0 Å². The highest BCUT2D eigenvalue weighted by Gasteiger charge is 2.04. The molecule has 0 aliphatic carbocycles. The monoisotopic (exact) mass is 510 g/mol. The van der Waals surface area contributed by atoms with E-state index in [1.807, 2.05) is 66.7 Å². The summed E-state index contributed by atoms with van der Waals surface area (Å²) in [6, 6.07) is 24.5. The van der Waals surface area contributed by atoms with Crippen LogP contribution in [0.2, 0.25) is 0 Å². The Hall–Kier alpha value is -5.02. The number of nitrogens with one attached hydrogen (secondary N) is 2. The Bertz CT molecular complexity index is 1510. The topological polar surface area (TPSA) is 123 Å². The molecule has 0 radical (unpaired) electrons. The Morgan fingerprint density at radius 3 is 1.92 bits per heavy atom. The number of fused-ring (bicyclic) bond motifs is 2. The second kappa shape index (κ2) is 13.3. The smallest absolute Gasteiger partial charge is 0.411 e. The summed E-state index contributed by atoms with van der Waals surface area (Å²) in [6.07, 6.45) is 5.35. The number of aromatic nitrogens is 2. The van der Waals surface area contributed by atoms with Crippen LogP contribution in [0.25, 0.3) is 21.5 Å². The second-order valence-electron chi connectivity index (χ2n) is 8.10. The average molecular weight is 511 g/mol. The van der Waals surface area contributed by atoms with E-state index >= 15 is 0 Å². The van der Waals surface area contributed by atoms with Gasteiger partial charge in [-0.15, -0.1) is 0 Å². The molecule has 192 valence electrons. The molecule has 0 saturated carbocycles. The number of amides is 2. The number of hydrogen-bond donors (Lipinski definition) is 3. The van der Waals surface area contributed by atoms with E-state index in [0.29, 0.717) is 24.6 Å². The lowest BCUT2D eigenvalue weighted by Crippen LogP contribution is -2.16. The lowest BCUT2D eigenvalue weighted by atomic mass is 10.1. The Kier molecular flexibility index (Phi) is 9.14. The average Bonchev–Trinajstić information content (AvgIpc) is 2.93. The van der Waals surface area contributed by atoms with Gasteiger partial charge in [0.15, 0.2) is 0 Å². The SMILES string of the molecule is O=C(Nc1ccc2cnccc2c1)OCCOCc1ccccc1.O=C(O)Nc1ccc2cnccc2c1. The van der Waals surface area contributed by atoms with E-state index in [-0.39, 0.29) is 6.61 Å². The normalized spacial score (nSPS) is 10.3. The van der Waals surface area contributed by atoms with Crippen LogP contribution in [0.5, 0.6) is 0 Å². The third-order valence-corrected chi connectivity index (χ3v) is 5.35. The maximum atomic E-state index is 11.8. The molecule has 0 spiro atoms. The van der Waals surface area contributed by atoms with Crippen molar-refractivity contribution < 1.29 is 24.2 Å². The van der Waals surface area contributed by atoms with Crippen molar-refractivity contribution in [1.29, 1.82) is 0 Å². The zero-order chi connectivity index (χ0) is 26.6. The summed E-state index contributed by atoms with van der Waals surface area (Å²) < 4.78 is 10.6. The molecular weight excluding hydrogens is 484 g/mol. The maximum absolute atomic E-state index is 11.8. The summed E-state index contributed by atoms with van der Waals surface area (Å²) >= 11 is 0. The predicted molar refractivity (Wildman–Crippen MR) is 146 cm³/mol. The number of nitrogens with zero attached hydrogens (tertiary/aromatic N) is 2. The zero-order valence-corrected chi connectivity index (χ0v) is 20.4. The molecule has 0 saturated heterocycles. The molecule has 0 atom stereocenters. The molecule has 2 heterocycles. The highest BCUT2D eigenvalue weighted by atomic mass is 16.6. The van der Waals surface area contributed by atoms with Gasteiger partial charge in [0.2, 0.25) is 0 Å². The lowest BCUT2D eigenvalue weighted by Gasteiger charge is -2.08. The Morgan fingerprint density at radius 2 is 1.32 bits per heavy atom. The quantitative estimate of drug-likeness (QED) is 0.219. The van der Waals surface area contributed by atoms with E-state index in [4.69, 9.17) is 14.6 Å². The largest absolute Gasteiger partial charge is 0.465 e. The van der Waals surface area contributed by atoms with Gasteiger partial charge in [0.1, 0.15) is 6.61 Å². The first-order chi connectivity index (χ1) is 18.6. The van der Waals surface area contributed by atoms with E-state index in [2.05, 4.69) is 20.6 Å². The number of benzene rings is 3. The summed E-state index contributed by atoms with van der Waals surface area (Å²) in [5.74, 6) is 0. The molecule has 0 bridgehead atoms. The summed E-state index contributed by atoms with van der Waals surface area (Å²) in [4.78, 5) is 30.2. The van der Waals surface area contributed by atoms with Crippen LogP contribution in [0.4, 0.5) is 21.0 Å². The van der Waals surface area contributed by atoms with Crippen molar-refractivity contribution in [2.24, 2.45) is 0 Å². The summed E-state index contributed by atoms with van der Waals surface area (Å²) in [7, 11) is 0. The van der Waals surface area contributed by atoms with Gasteiger partial charge in [-0.3, -0.25) is 20.6 Å². The first-order valence-electron chi connectivity index (χ1n) is 11.8. The van der Waals surface area contributed by atoms with Crippen LogP contribution in [0.1, 0.15) is 5.56 Å². The van der Waals surface area contributed by atoms with E-state index in [9.17, 15) is 9.59 Å². The minimum atomic E-state index is -1.06. The minimum absolute atomic E-state index is 0.205. The highest BCUT2D eigenvalue weighted by Crippen LogP contribution is 2.19. The van der Waals surface area contributed by atoms with Crippen molar-refractivity contribution >= 4 is 45.1 Å². The number of carbonyl (C=O) groups excluding carboxylic acids is 1. The minimum Gasteiger partial charge on any atom is -0.465 e. The molecule has 2 amide bonds. The zero-order valence-electron chi connectivity index (χ0n) is 20.4. The molecule has 38 heavy (non-hydrogen) atoms. The Labute approximate surface area is 219 Å². The summed E-state index contributed by atoms with van der Waals surface area (Å²) in [5, 5.41) is 17.5. The molecular formula is C29H26N4O5. The fraction of sp³-hybridized carbons (Fsp3) is 0.103. The molecule has 0 unspecified atom stereocenters. The van der Waals surface area contributed by atoms with Gasteiger partial charge in [-0.1, -0.05) is 42.5 Å². The van der Waals surface area contributed by atoms with Gasteiger partial charge in [-0.25, -0.2) is 9.59 Å². The van der Waals surface area contributed by atoms with Crippen LogP contribution in [-0.4, -0.2) is 40.5 Å². The van der Waals surface area contributed by atoms with E-state index in [0.717, 1.165) is 27.1 Å². The number of ether oxygens (including phenoxy) is 2. The van der Waals surface area contributed by atoms with Gasteiger partial charge in [-0.2, -0.15) is 0 Å². The number of rotatable bonds is 7. The lowest BCUT2D eigenvalue weighted by molar-refractivity contribution is 0.0696. The van der Waals surface area contributed by atoms with Crippen molar-refractivity contribution in [1.82, 2.24) is 9.97 Å². The van der Waals surface area contributed by atoms with Crippen molar-refractivity contribution in [3.8, 4) is 0 Å². The number of pyridine rings is 2. The van der Waals surface area contributed by atoms with Gasteiger partial charge in [0.25, 0.3) is 0 Å². The van der Waals surface area contributed by atoms with Gasteiger partial charge in [-0.05, 0) is 52.7 Å². The van der Waals surface area contributed by atoms with Crippen LogP contribution < -0.4 is 10.6 Å². The van der Waals surface area contributed by atoms with Gasteiger partial charge in [0.05, 0.1) is 13.2 Å². The molecule has 2 aromatic heterocycles. The fourth-order valence-corrected chi connectivity index (χ4v) is 3.56. The Balaban J connectivity index is 0.000000204. The van der Waals surface area contributed by atoms with Crippen LogP contribution in [0.15, 0.2) is 104 Å². The molecule has 0 fully saturated rings. The maximum Gasteiger partial charge on any atom is 0.411 e. The molecule has 5 rings (SSSR count). The molecule has 0 aliphatic rings. The first-order valence-corrected chi connectivity index (χ1v) is 11.8. The van der Waals surface area contributed by atoms with E-state index in [1.165, 1.54) is 0 Å². The van der Waals surface area contributed by atoms with E-state index < -0.39 is 12.2 Å².